The van der Waals surface area contributed by atoms with Crippen LogP contribution in [0.2, 0.25) is 0 Å². The zero-order chi connectivity index (χ0) is 14.4. The molecule has 3 heteroatoms. The molecule has 3 nitrogen and oxygen atoms in total. The molecule has 0 spiro atoms. The number of hydrogen-bond acceptors (Lipinski definition) is 3. The minimum absolute atomic E-state index is 0.140. The molecule has 0 aromatic rings. The maximum Gasteiger partial charge on any atom is 0.0669 e. The van der Waals surface area contributed by atoms with Gasteiger partial charge in [-0.1, -0.05) is 45.4 Å². The summed E-state index contributed by atoms with van der Waals surface area (Å²) < 4.78 is 0. The zero-order valence-corrected chi connectivity index (χ0v) is 13.3. The highest BCUT2D eigenvalue weighted by atomic mass is 16.3. The second kappa shape index (κ2) is 8.35. The normalized spacial score (nSPS) is 30.0. The van der Waals surface area contributed by atoms with Crippen LogP contribution in [0.25, 0.3) is 0 Å². The molecule has 2 aliphatic rings. The molecule has 20 heavy (non-hydrogen) atoms. The fourth-order valence-electron chi connectivity index (χ4n) is 4.42. The lowest BCUT2D eigenvalue weighted by atomic mass is 9.83. The SMILES string of the molecule is CCN(CC(O)CC1CCCC1)C1CCCCC1CN. The first kappa shape index (κ1) is 16.3. The monoisotopic (exact) mass is 282 g/mol. The van der Waals surface area contributed by atoms with Crippen molar-refractivity contribution in [1.82, 2.24) is 4.90 Å². The van der Waals surface area contributed by atoms with Gasteiger partial charge in [-0.25, -0.2) is 0 Å². The van der Waals surface area contributed by atoms with Crippen LogP contribution in [0.3, 0.4) is 0 Å². The lowest BCUT2D eigenvalue weighted by Crippen LogP contribution is -2.48. The van der Waals surface area contributed by atoms with Crippen LogP contribution in [-0.4, -0.2) is 41.8 Å². The van der Waals surface area contributed by atoms with Gasteiger partial charge in [-0.3, -0.25) is 4.90 Å². The first-order valence-corrected chi connectivity index (χ1v) is 8.86. The van der Waals surface area contributed by atoms with Crippen LogP contribution >= 0.6 is 0 Å². The molecule has 0 saturated heterocycles. The Labute approximate surface area is 124 Å². The summed E-state index contributed by atoms with van der Waals surface area (Å²) in [7, 11) is 0. The van der Waals surface area contributed by atoms with Crippen molar-refractivity contribution < 1.29 is 5.11 Å². The fourth-order valence-corrected chi connectivity index (χ4v) is 4.42. The minimum atomic E-state index is -0.140. The highest BCUT2D eigenvalue weighted by Gasteiger charge is 2.30. The topological polar surface area (TPSA) is 49.5 Å². The first-order chi connectivity index (χ1) is 9.74. The number of rotatable bonds is 7. The van der Waals surface area contributed by atoms with Gasteiger partial charge in [-0.2, -0.15) is 0 Å². The highest BCUT2D eigenvalue weighted by Crippen LogP contribution is 2.30. The van der Waals surface area contributed by atoms with Gasteiger partial charge in [0.2, 0.25) is 0 Å². The van der Waals surface area contributed by atoms with E-state index in [4.69, 9.17) is 5.73 Å². The predicted octanol–water partition coefficient (Wildman–Crippen LogP) is 2.77. The molecule has 2 saturated carbocycles. The van der Waals surface area contributed by atoms with Gasteiger partial charge in [-0.15, -0.1) is 0 Å². The third kappa shape index (κ3) is 4.44. The molecule has 2 fully saturated rings. The summed E-state index contributed by atoms with van der Waals surface area (Å²) in [5.74, 6) is 1.42. The van der Waals surface area contributed by atoms with E-state index in [-0.39, 0.29) is 6.10 Å². The Hall–Kier alpha value is -0.120. The van der Waals surface area contributed by atoms with Crippen LogP contribution in [0.5, 0.6) is 0 Å². The average molecular weight is 282 g/mol. The summed E-state index contributed by atoms with van der Waals surface area (Å²) in [5, 5.41) is 10.4. The number of nitrogens with two attached hydrogens (primary N) is 1. The van der Waals surface area contributed by atoms with Crippen LogP contribution in [0.15, 0.2) is 0 Å². The molecule has 0 aromatic heterocycles. The van der Waals surface area contributed by atoms with Gasteiger partial charge in [0, 0.05) is 12.6 Å². The third-order valence-electron chi connectivity index (χ3n) is 5.57. The van der Waals surface area contributed by atoms with Crippen LogP contribution in [-0.2, 0) is 0 Å². The van der Waals surface area contributed by atoms with Crippen molar-refractivity contribution >= 4 is 0 Å². The Morgan fingerprint density at radius 1 is 1.10 bits per heavy atom. The van der Waals surface area contributed by atoms with Crippen LogP contribution < -0.4 is 5.73 Å². The maximum atomic E-state index is 10.4. The number of nitrogens with zero attached hydrogens (tertiary/aromatic N) is 1. The fraction of sp³-hybridized carbons (Fsp3) is 1.00. The van der Waals surface area contributed by atoms with E-state index in [1.807, 2.05) is 0 Å². The van der Waals surface area contributed by atoms with Gasteiger partial charge in [0.15, 0.2) is 0 Å². The summed E-state index contributed by atoms with van der Waals surface area (Å²) >= 11 is 0. The molecule has 0 radical (unpaired) electrons. The van der Waals surface area contributed by atoms with Crippen molar-refractivity contribution in [3.63, 3.8) is 0 Å². The second-order valence-electron chi connectivity index (χ2n) is 6.98. The smallest absolute Gasteiger partial charge is 0.0669 e. The van der Waals surface area contributed by atoms with E-state index in [0.29, 0.717) is 12.0 Å². The Bertz CT molecular complexity index is 266. The second-order valence-corrected chi connectivity index (χ2v) is 6.98. The van der Waals surface area contributed by atoms with Crippen molar-refractivity contribution in [3.05, 3.63) is 0 Å². The van der Waals surface area contributed by atoms with E-state index in [2.05, 4.69) is 11.8 Å². The molecule has 2 aliphatic carbocycles. The molecule has 3 atom stereocenters. The zero-order valence-electron chi connectivity index (χ0n) is 13.3. The quantitative estimate of drug-likeness (QED) is 0.755. The van der Waals surface area contributed by atoms with E-state index in [9.17, 15) is 5.11 Å². The van der Waals surface area contributed by atoms with Crippen molar-refractivity contribution in [2.24, 2.45) is 17.6 Å². The van der Waals surface area contributed by atoms with Crippen LogP contribution in [0.1, 0.15) is 64.7 Å². The Balaban J connectivity index is 1.83. The maximum absolute atomic E-state index is 10.4. The van der Waals surface area contributed by atoms with Crippen molar-refractivity contribution in [1.29, 1.82) is 0 Å². The highest BCUT2D eigenvalue weighted by molar-refractivity contribution is 4.85. The van der Waals surface area contributed by atoms with Gasteiger partial charge >= 0.3 is 0 Å². The first-order valence-electron chi connectivity index (χ1n) is 8.86. The summed E-state index contributed by atoms with van der Waals surface area (Å²) in [6.45, 7) is 4.93. The number of likely N-dealkylation sites (N-methyl/N-ethyl adjacent to an activating group) is 1. The molecular formula is C17H34N2O. The largest absolute Gasteiger partial charge is 0.392 e. The van der Waals surface area contributed by atoms with E-state index in [1.54, 1.807) is 0 Å². The van der Waals surface area contributed by atoms with E-state index < -0.39 is 0 Å². The van der Waals surface area contributed by atoms with Crippen molar-refractivity contribution in [2.45, 2.75) is 76.9 Å². The van der Waals surface area contributed by atoms with Gasteiger partial charge in [0.25, 0.3) is 0 Å². The van der Waals surface area contributed by atoms with Crippen molar-refractivity contribution in [2.75, 3.05) is 19.6 Å². The van der Waals surface area contributed by atoms with Crippen LogP contribution in [0, 0.1) is 11.8 Å². The summed E-state index contributed by atoms with van der Waals surface area (Å²) in [6.07, 6.45) is 11.5. The molecule has 2 rings (SSSR count). The van der Waals surface area contributed by atoms with E-state index in [0.717, 1.165) is 32.0 Å². The molecular weight excluding hydrogens is 248 g/mol. The van der Waals surface area contributed by atoms with Gasteiger partial charge in [-0.05, 0) is 44.2 Å². The van der Waals surface area contributed by atoms with E-state index >= 15 is 0 Å². The summed E-state index contributed by atoms with van der Waals surface area (Å²) in [6, 6.07) is 0.608. The minimum Gasteiger partial charge on any atom is -0.392 e. The lowest BCUT2D eigenvalue weighted by molar-refractivity contribution is 0.0432. The van der Waals surface area contributed by atoms with Gasteiger partial charge in [0.1, 0.15) is 0 Å². The third-order valence-corrected chi connectivity index (χ3v) is 5.57. The Morgan fingerprint density at radius 2 is 1.75 bits per heavy atom. The number of aliphatic hydroxyl groups excluding tert-OH is 1. The number of hydrogen-bond donors (Lipinski definition) is 2. The van der Waals surface area contributed by atoms with Gasteiger partial charge < -0.3 is 10.8 Å². The molecule has 0 aromatic carbocycles. The molecule has 0 heterocycles. The summed E-state index contributed by atoms with van der Waals surface area (Å²) in [5.41, 5.74) is 5.96. The number of aliphatic hydroxyl groups is 1. The predicted molar refractivity (Wildman–Crippen MR) is 84.6 cm³/mol. The average Bonchev–Trinajstić information content (AvgIpc) is 2.97. The summed E-state index contributed by atoms with van der Waals surface area (Å²) in [4.78, 5) is 2.51. The van der Waals surface area contributed by atoms with E-state index in [1.165, 1.54) is 51.4 Å². The standard InChI is InChI=1S/C17H34N2O/c1-2-19(17-10-6-5-9-15(17)12-18)13-16(20)11-14-7-3-4-8-14/h14-17,20H,2-13,18H2,1H3. The van der Waals surface area contributed by atoms with Crippen molar-refractivity contribution in [3.8, 4) is 0 Å². The molecule has 3 unspecified atom stereocenters. The Morgan fingerprint density at radius 3 is 2.40 bits per heavy atom. The molecule has 3 N–H and O–H groups in total. The molecule has 0 aliphatic heterocycles. The molecule has 0 bridgehead atoms. The van der Waals surface area contributed by atoms with Crippen LogP contribution in [0.4, 0.5) is 0 Å². The Kier molecular flexibility index (Phi) is 6.79. The lowest BCUT2D eigenvalue weighted by Gasteiger charge is -2.40. The molecule has 118 valence electrons. The molecule has 0 amide bonds. The van der Waals surface area contributed by atoms with Gasteiger partial charge in [0.05, 0.1) is 6.10 Å².